The Hall–Kier alpha value is -0.520. The third-order valence-corrected chi connectivity index (χ3v) is 1.41. The van der Waals surface area contributed by atoms with E-state index >= 15 is 0 Å². The summed E-state index contributed by atoms with van der Waals surface area (Å²) in [5.41, 5.74) is -0.148. The van der Waals surface area contributed by atoms with E-state index in [1.54, 1.807) is 13.8 Å². The summed E-state index contributed by atoms with van der Waals surface area (Å²) in [6, 6.07) is 0. The van der Waals surface area contributed by atoms with Crippen LogP contribution in [0, 0.1) is 0 Å². The van der Waals surface area contributed by atoms with Crippen molar-refractivity contribution in [3.63, 3.8) is 0 Å². The Morgan fingerprint density at radius 1 is 1.07 bits per heavy atom. The van der Waals surface area contributed by atoms with Gasteiger partial charge in [0, 0.05) is 0 Å². The van der Waals surface area contributed by atoms with E-state index in [4.69, 9.17) is 0 Å². The van der Waals surface area contributed by atoms with Crippen LogP contribution >= 0.6 is 0 Å². The molecule has 0 unspecified atom stereocenters. The Morgan fingerprint density at radius 2 is 1.47 bits per heavy atom. The Morgan fingerprint density at radius 3 is 1.87 bits per heavy atom. The van der Waals surface area contributed by atoms with Gasteiger partial charge in [0.25, 0.3) is 0 Å². The molecule has 80 valence electrons. The molecule has 0 heterocycles. The van der Waals surface area contributed by atoms with E-state index in [2.05, 4.69) is 9.47 Å². The third kappa shape index (κ3) is 5.81. The third-order valence-electron chi connectivity index (χ3n) is 1.41. The normalized spacial score (nSPS) is 10.9. The number of rotatable bonds is 4. The van der Waals surface area contributed by atoms with Crippen LogP contribution in [-0.2, 0) is 19.1 Å². The summed E-state index contributed by atoms with van der Waals surface area (Å²) in [5, 5.41) is 9.22. The average molecular weight is 225 g/mol. The van der Waals surface area contributed by atoms with Crippen molar-refractivity contribution in [1.29, 1.82) is 0 Å². The van der Waals surface area contributed by atoms with Gasteiger partial charge in [-0.05, 0) is 20.8 Å². The first-order chi connectivity index (χ1) is 6.54. The minimum absolute atomic E-state index is 0. The molecule has 0 aliphatic carbocycles. The summed E-state index contributed by atoms with van der Waals surface area (Å²) in [5.74, 6) is -2.35. The van der Waals surface area contributed by atoms with Crippen molar-refractivity contribution in [3.05, 3.63) is 11.3 Å². The van der Waals surface area contributed by atoms with E-state index in [1.165, 1.54) is 6.92 Å². The Bertz CT molecular complexity index is 233. The van der Waals surface area contributed by atoms with E-state index < -0.39 is 17.7 Å². The number of hydrogen-bond acceptors (Lipinski definition) is 5. The first-order valence-corrected chi connectivity index (χ1v) is 4.28. The summed E-state index contributed by atoms with van der Waals surface area (Å²) in [6.07, 6.45) is 0. The van der Waals surface area contributed by atoms with Crippen molar-refractivity contribution >= 4 is 11.9 Å². The van der Waals surface area contributed by atoms with E-state index in [0.29, 0.717) is 0 Å². The van der Waals surface area contributed by atoms with Crippen molar-refractivity contribution in [2.75, 3.05) is 13.2 Å². The predicted octanol–water partition coefficient (Wildman–Crippen LogP) is -2.05. The van der Waals surface area contributed by atoms with Crippen molar-refractivity contribution in [3.8, 4) is 0 Å². The zero-order valence-corrected chi connectivity index (χ0v) is 11.5. The van der Waals surface area contributed by atoms with Crippen LogP contribution in [0.4, 0.5) is 0 Å². The SMILES string of the molecule is CCOC(=O)/C(C)=C(/O)C(=O)OCC.[Na+]. The fourth-order valence-corrected chi connectivity index (χ4v) is 0.689. The second-order valence-electron chi connectivity index (χ2n) is 2.41. The van der Waals surface area contributed by atoms with E-state index in [-0.39, 0.29) is 48.3 Å². The van der Waals surface area contributed by atoms with Gasteiger partial charge >= 0.3 is 41.5 Å². The molecule has 0 spiro atoms. The van der Waals surface area contributed by atoms with Gasteiger partial charge in [-0.15, -0.1) is 0 Å². The molecular formula is C9H14NaO5+. The fourth-order valence-electron chi connectivity index (χ4n) is 0.689. The molecule has 0 bridgehead atoms. The summed E-state index contributed by atoms with van der Waals surface area (Å²) >= 11 is 0. The molecule has 15 heavy (non-hydrogen) atoms. The first kappa shape index (κ1) is 16.9. The topological polar surface area (TPSA) is 72.8 Å². The second kappa shape index (κ2) is 8.76. The quantitative estimate of drug-likeness (QED) is 0.258. The molecule has 0 rings (SSSR count). The van der Waals surface area contributed by atoms with Crippen molar-refractivity contribution in [2.24, 2.45) is 0 Å². The maximum atomic E-state index is 11.0. The zero-order chi connectivity index (χ0) is 11.1. The number of aliphatic hydroxyl groups excluding tert-OH is 1. The number of esters is 2. The van der Waals surface area contributed by atoms with Gasteiger partial charge in [0.05, 0.1) is 18.8 Å². The molecule has 5 nitrogen and oxygen atoms in total. The van der Waals surface area contributed by atoms with Crippen LogP contribution in [0.15, 0.2) is 11.3 Å². The maximum Gasteiger partial charge on any atom is 1.00 e. The van der Waals surface area contributed by atoms with Gasteiger partial charge in [-0.1, -0.05) is 0 Å². The summed E-state index contributed by atoms with van der Waals surface area (Å²) in [4.78, 5) is 22.0. The largest absolute Gasteiger partial charge is 1.00 e. The van der Waals surface area contributed by atoms with Gasteiger partial charge in [-0.3, -0.25) is 0 Å². The van der Waals surface area contributed by atoms with Gasteiger partial charge in [-0.25, -0.2) is 9.59 Å². The van der Waals surface area contributed by atoms with E-state index in [1.807, 2.05) is 0 Å². The van der Waals surface area contributed by atoms with Gasteiger partial charge in [0.2, 0.25) is 5.76 Å². The van der Waals surface area contributed by atoms with Crippen molar-refractivity contribution in [1.82, 2.24) is 0 Å². The number of hydrogen-bond donors (Lipinski definition) is 1. The van der Waals surface area contributed by atoms with E-state index in [0.717, 1.165) is 0 Å². The number of aliphatic hydroxyl groups is 1. The number of carbonyl (C=O) groups excluding carboxylic acids is 2. The first-order valence-electron chi connectivity index (χ1n) is 4.28. The number of carbonyl (C=O) groups is 2. The molecule has 0 atom stereocenters. The summed E-state index contributed by atoms with van der Waals surface area (Å²) in [6.45, 7) is 4.85. The zero-order valence-electron chi connectivity index (χ0n) is 9.49. The van der Waals surface area contributed by atoms with Gasteiger partial charge in [0.1, 0.15) is 0 Å². The number of ether oxygens (including phenoxy) is 2. The van der Waals surface area contributed by atoms with Crippen molar-refractivity contribution < 1.29 is 53.7 Å². The van der Waals surface area contributed by atoms with E-state index in [9.17, 15) is 14.7 Å². The van der Waals surface area contributed by atoms with Crippen LogP contribution in [0.2, 0.25) is 0 Å². The molecular weight excluding hydrogens is 211 g/mol. The molecule has 0 amide bonds. The maximum absolute atomic E-state index is 11.0. The smallest absolute Gasteiger partial charge is 0.501 e. The molecule has 6 heteroatoms. The van der Waals surface area contributed by atoms with Gasteiger partial charge < -0.3 is 14.6 Å². The Kier molecular flexibility index (Phi) is 9.87. The molecule has 0 saturated heterocycles. The molecule has 1 N–H and O–H groups in total. The molecule has 0 aliphatic heterocycles. The monoisotopic (exact) mass is 225 g/mol. The van der Waals surface area contributed by atoms with Crippen LogP contribution in [0.1, 0.15) is 20.8 Å². The van der Waals surface area contributed by atoms with Crippen molar-refractivity contribution in [2.45, 2.75) is 20.8 Å². The molecule has 0 aromatic carbocycles. The molecule has 0 saturated carbocycles. The molecule has 0 aromatic rings. The van der Waals surface area contributed by atoms with Crippen LogP contribution in [0.3, 0.4) is 0 Å². The summed E-state index contributed by atoms with van der Waals surface area (Å²) < 4.78 is 9.09. The summed E-state index contributed by atoms with van der Waals surface area (Å²) in [7, 11) is 0. The standard InChI is InChI=1S/C9H14O5.Na/c1-4-13-8(11)6(3)7(10)9(12)14-5-2;/h10H,4-5H2,1-3H3;/q;+1/b7-6+;. The molecule has 0 aromatic heterocycles. The second-order valence-corrected chi connectivity index (χ2v) is 2.41. The van der Waals surface area contributed by atoms with Crippen LogP contribution in [0.5, 0.6) is 0 Å². The van der Waals surface area contributed by atoms with Crippen LogP contribution < -0.4 is 29.6 Å². The predicted molar refractivity (Wildman–Crippen MR) is 48.6 cm³/mol. The minimum atomic E-state index is -0.918. The van der Waals surface area contributed by atoms with Gasteiger partial charge in [-0.2, -0.15) is 0 Å². The average Bonchev–Trinajstić information content (AvgIpc) is 2.16. The van der Waals surface area contributed by atoms with Gasteiger partial charge in [0.15, 0.2) is 0 Å². The van der Waals surface area contributed by atoms with Crippen LogP contribution in [0.25, 0.3) is 0 Å². The Labute approximate surface area is 111 Å². The molecule has 0 aliphatic rings. The fraction of sp³-hybridized carbons (Fsp3) is 0.556. The van der Waals surface area contributed by atoms with Crippen LogP contribution in [-0.4, -0.2) is 30.3 Å². The minimum Gasteiger partial charge on any atom is -0.501 e. The molecule has 0 fully saturated rings. The molecule has 0 radical (unpaired) electrons. The Balaban J connectivity index is 0.